The van der Waals surface area contributed by atoms with Crippen LogP contribution < -0.4 is 5.32 Å². The Morgan fingerprint density at radius 1 is 1.12 bits per heavy atom. The predicted molar refractivity (Wildman–Crippen MR) is 104 cm³/mol. The van der Waals surface area contributed by atoms with E-state index in [1.54, 1.807) is 6.33 Å². The van der Waals surface area contributed by atoms with E-state index in [4.69, 9.17) is 4.98 Å². The third kappa shape index (κ3) is 2.53. The van der Waals surface area contributed by atoms with Gasteiger partial charge in [0.15, 0.2) is 0 Å². The molecule has 0 unspecified atom stereocenters. The van der Waals surface area contributed by atoms with Crippen molar-refractivity contribution in [2.75, 3.05) is 5.32 Å². The number of H-pyrrole nitrogens is 1. The molecule has 6 nitrogen and oxygen atoms in total. The molecule has 0 spiro atoms. The van der Waals surface area contributed by atoms with Crippen LogP contribution in [0.3, 0.4) is 0 Å². The molecule has 4 aromatic rings. The minimum Gasteiger partial charge on any atom is -0.367 e. The first-order valence-electron chi connectivity index (χ1n) is 9.31. The van der Waals surface area contributed by atoms with E-state index < -0.39 is 0 Å². The van der Waals surface area contributed by atoms with Crippen LogP contribution in [0, 0.1) is 0 Å². The third-order valence-corrected chi connectivity index (χ3v) is 5.34. The van der Waals surface area contributed by atoms with Crippen LogP contribution in [0.5, 0.6) is 0 Å². The number of hydrogen-bond donors (Lipinski definition) is 2. The van der Waals surface area contributed by atoms with Gasteiger partial charge in [0.1, 0.15) is 23.6 Å². The second-order valence-electron chi connectivity index (χ2n) is 7.16. The summed E-state index contributed by atoms with van der Waals surface area (Å²) in [5.41, 5.74) is 3.97. The predicted octanol–water partition coefficient (Wildman–Crippen LogP) is 4.26. The largest absolute Gasteiger partial charge is 0.367 e. The van der Waals surface area contributed by atoms with Gasteiger partial charge in [-0.2, -0.15) is 0 Å². The van der Waals surface area contributed by atoms with E-state index in [-0.39, 0.29) is 0 Å². The number of aromatic amines is 1. The standard InChI is InChI=1S/C20H22N6/c1-26-11-14(18-24-15-9-5-6-10-16(15)25-18)17-19(21-12-22-20(17)26)23-13-7-3-2-4-8-13/h5-6,9-13H,2-4,7-8H2,1H3,(H,24,25)(H,21,22,23). The SMILES string of the molecule is Cn1cc(-c2nc3ccccc3[nH]2)c2c(NC3CCCCC3)ncnc21. The van der Waals surface area contributed by atoms with Crippen LogP contribution in [-0.2, 0) is 7.05 Å². The number of para-hydroxylation sites is 2. The molecule has 1 aromatic carbocycles. The first-order valence-corrected chi connectivity index (χ1v) is 9.31. The summed E-state index contributed by atoms with van der Waals surface area (Å²) in [6.07, 6.45) is 10.1. The zero-order valence-corrected chi connectivity index (χ0v) is 14.9. The third-order valence-electron chi connectivity index (χ3n) is 5.34. The highest BCUT2D eigenvalue weighted by atomic mass is 15.1. The summed E-state index contributed by atoms with van der Waals surface area (Å²) in [5.74, 6) is 1.77. The average Bonchev–Trinajstić information content (AvgIpc) is 3.25. The van der Waals surface area contributed by atoms with Crippen molar-refractivity contribution in [3.63, 3.8) is 0 Å². The number of aryl methyl sites for hydroxylation is 1. The summed E-state index contributed by atoms with van der Waals surface area (Å²) in [7, 11) is 2.02. The lowest BCUT2D eigenvalue weighted by Gasteiger charge is -2.23. The van der Waals surface area contributed by atoms with Gasteiger partial charge in [-0.15, -0.1) is 0 Å². The number of imidazole rings is 1. The summed E-state index contributed by atoms with van der Waals surface area (Å²) in [5, 5.41) is 4.72. The number of fused-ring (bicyclic) bond motifs is 2. The Kier molecular flexibility index (Phi) is 3.62. The molecule has 0 aliphatic heterocycles. The molecule has 3 aromatic heterocycles. The molecule has 6 heteroatoms. The van der Waals surface area contributed by atoms with Crippen LogP contribution in [0.25, 0.3) is 33.5 Å². The number of anilines is 1. The van der Waals surface area contributed by atoms with Gasteiger partial charge in [0.05, 0.1) is 16.4 Å². The molecular weight excluding hydrogens is 324 g/mol. The van der Waals surface area contributed by atoms with Gasteiger partial charge in [0.2, 0.25) is 0 Å². The molecule has 0 radical (unpaired) electrons. The summed E-state index contributed by atoms with van der Waals surface area (Å²) in [6.45, 7) is 0. The van der Waals surface area contributed by atoms with Crippen molar-refractivity contribution in [1.29, 1.82) is 0 Å². The molecule has 2 N–H and O–H groups in total. The molecule has 1 fully saturated rings. The Balaban J connectivity index is 1.65. The molecule has 0 atom stereocenters. The fraction of sp³-hybridized carbons (Fsp3) is 0.350. The topological polar surface area (TPSA) is 71.4 Å². The Labute approximate surface area is 151 Å². The Hall–Kier alpha value is -2.89. The van der Waals surface area contributed by atoms with Gasteiger partial charge in [0, 0.05) is 24.8 Å². The van der Waals surface area contributed by atoms with Gasteiger partial charge >= 0.3 is 0 Å². The molecule has 132 valence electrons. The Morgan fingerprint density at radius 2 is 1.96 bits per heavy atom. The highest BCUT2D eigenvalue weighted by Crippen LogP contribution is 2.34. The van der Waals surface area contributed by atoms with Crippen molar-refractivity contribution in [2.24, 2.45) is 7.05 Å². The first kappa shape index (κ1) is 15.4. The number of aromatic nitrogens is 5. The minimum atomic E-state index is 0.491. The van der Waals surface area contributed by atoms with E-state index >= 15 is 0 Å². The highest BCUT2D eigenvalue weighted by Gasteiger charge is 2.20. The number of rotatable bonds is 3. The van der Waals surface area contributed by atoms with Crippen molar-refractivity contribution in [3.05, 3.63) is 36.8 Å². The second-order valence-corrected chi connectivity index (χ2v) is 7.16. The molecule has 1 aliphatic carbocycles. The number of hydrogen-bond acceptors (Lipinski definition) is 4. The van der Waals surface area contributed by atoms with E-state index in [1.807, 2.05) is 29.8 Å². The van der Waals surface area contributed by atoms with Gasteiger partial charge < -0.3 is 14.9 Å². The molecular formula is C20H22N6. The molecule has 0 bridgehead atoms. The average molecular weight is 346 g/mol. The Morgan fingerprint density at radius 3 is 2.81 bits per heavy atom. The summed E-state index contributed by atoms with van der Waals surface area (Å²) in [6, 6.07) is 8.60. The Bertz CT molecular complexity index is 1040. The van der Waals surface area contributed by atoms with Crippen molar-refractivity contribution in [1.82, 2.24) is 24.5 Å². The number of benzene rings is 1. The van der Waals surface area contributed by atoms with Crippen molar-refractivity contribution in [3.8, 4) is 11.4 Å². The van der Waals surface area contributed by atoms with Gasteiger partial charge in [0.25, 0.3) is 0 Å². The van der Waals surface area contributed by atoms with Gasteiger partial charge in [-0.05, 0) is 25.0 Å². The first-order chi connectivity index (χ1) is 12.8. The normalized spacial score (nSPS) is 15.7. The zero-order chi connectivity index (χ0) is 17.5. The van der Waals surface area contributed by atoms with E-state index in [0.717, 1.165) is 39.3 Å². The van der Waals surface area contributed by atoms with Crippen molar-refractivity contribution in [2.45, 2.75) is 38.1 Å². The smallest absolute Gasteiger partial charge is 0.145 e. The van der Waals surface area contributed by atoms with Crippen LogP contribution in [0.2, 0.25) is 0 Å². The molecule has 26 heavy (non-hydrogen) atoms. The number of nitrogens with one attached hydrogen (secondary N) is 2. The molecule has 1 saturated carbocycles. The summed E-state index contributed by atoms with van der Waals surface area (Å²) < 4.78 is 2.05. The van der Waals surface area contributed by atoms with Crippen LogP contribution in [-0.4, -0.2) is 30.5 Å². The molecule has 1 aliphatic rings. The van der Waals surface area contributed by atoms with Gasteiger partial charge in [-0.25, -0.2) is 15.0 Å². The van der Waals surface area contributed by atoms with E-state index in [2.05, 4.69) is 32.5 Å². The molecule has 3 heterocycles. The van der Waals surface area contributed by atoms with Crippen LogP contribution in [0.15, 0.2) is 36.8 Å². The quantitative estimate of drug-likeness (QED) is 0.581. The summed E-state index contributed by atoms with van der Waals surface area (Å²) in [4.78, 5) is 17.3. The molecule has 0 saturated heterocycles. The maximum atomic E-state index is 4.78. The van der Waals surface area contributed by atoms with Crippen LogP contribution >= 0.6 is 0 Å². The van der Waals surface area contributed by atoms with Gasteiger partial charge in [-0.1, -0.05) is 31.4 Å². The van der Waals surface area contributed by atoms with E-state index in [0.29, 0.717) is 6.04 Å². The van der Waals surface area contributed by atoms with Crippen molar-refractivity contribution >= 4 is 27.9 Å². The maximum Gasteiger partial charge on any atom is 0.145 e. The fourth-order valence-corrected chi connectivity index (χ4v) is 4.02. The molecule has 0 amide bonds. The van der Waals surface area contributed by atoms with Gasteiger partial charge in [-0.3, -0.25) is 0 Å². The van der Waals surface area contributed by atoms with Crippen LogP contribution in [0.4, 0.5) is 5.82 Å². The fourth-order valence-electron chi connectivity index (χ4n) is 4.02. The summed E-state index contributed by atoms with van der Waals surface area (Å²) >= 11 is 0. The lowest BCUT2D eigenvalue weighted by atomic mass is 9.95. The monoisotopic (exact) mass is 346 g/mol. The maximum absolute atomic E-state index is 4.78. The lowest BCUT2D eigenvalue weighted by Crippen LogP contribution is -2.23. The van der Waals surface area contributed by atoms with E-state index in [1.165, 1.54) is 32.1 Å². The zero-order valence-electron chi connectivity index (χ0n) is 14.9. The van der Waals surface area contributed by atoms with Crippen LogP contribution in [0.1, 0.15) is 32.1 Å². The number of nitrogens with zero attached hydrogens (tertiary/aromatic N) is 4. The minimum absolute atomic E-state index is 0.491. The van der Waals surface area contributed by atoms with E-state index in [9.17, 15) is 0 Å². The second kappa shape index (κ2) is 6.12. The molecule has 5 rings (SSSR count). The lowest BCUT2D eigenvalue weighted by molar-refractivity contribution is 0.462. The van der Waals surface area contributed by atoms with Crippen molar-refractivity contribution < 1.29 is 0 Å². The highest BCUT2D eigenvalue weighted by molar-refractivity contribution is 6.01.